The first-order chi connectivity index (χ1) is 9.06. The molecular formula is C15H12ClNO2. The fraction of sp³-hybridized carbons (Fsp3) is 0.133. The van der Waals surface area contributed by atoms with Gasteiger partial charge in [0.2, 0.25) is 5.91 Å². The van der Waals surface area contributed by atoms with Crippen LogP contribution in [0.5, 0.6) is 0 Å². The number of rotatable bonds is 2. The number of carbonyl (C=O) groups is 1. The standard InChI is InChI=1S/C15H12ClNO2/c1-8(15(17)18)9-2-4-11-12-7-10(16)3-5-13(12)19-14(11)6-9/h2-8H,1H3,(H2,17,18). The average Bonchev–Trinajstić information content (AvgIpc) is 2.74. The number of benzene rings is 2. The van der Waals surface area contributed by atoms with Crippen molar-refractivity contribution in [3.8, 4) is 0 Å². The Morgan fingerprint density at radius 2 is 1.95 bits per heavy atom. The maximum Gasteiger partial charge on any atom is 0.224 e. The third kappa shape index (κ3) is 1.96. The summed E-state index contributed by atoms with van der Waals surface area (Å²) in [6, 6.07) is 11.2. The van der Waals surface area contributed by atoms with Gasteiger partial charge in [0.15, 0.2) is 0 Å². The molecule has 1 heterocycles. The van der Waals surface area contributed by atoms with Crippen LogP contribution in [0.1, 0.15) is 18.4 Å². The van der Waals surface area contributed by atoms with Gasteiger partial charge in [-0.25, -0.2) is 0 Å². The van der Waals surface area contributed by atoms with Gasteiger partial charge < -0.3 is 10.2 Å². The van der Waals surface area contributed by atoms with Crippen molar-refractivity contribution in [2.24, 2.45) is 5.73 Å². The Balaban J connectivity index is 2.24. The molecule has 1 atom stereocenters. The van der Waals surface area contributed by atoms with Gasteiger partial charge in [0.05, 0.1) is 5.92 Å². The number of nitrogens with two attached hydrogens (primary N) is 1. The molecule has 0 bridgehead atoms. The van der Waals surface area contributed by atoms with Crippen molar-refractivity contribution >= 4 is 39.4 Å². The molecule has 1 amide bonds. The lowest BCUT2D eigenvalue weighted by molar-refractivity contribution is -0.119. The minimum atomic E-state index is -0.349. The monoisotopic (exact) mass is 273 g/mol. The van der Waals surface area contributed by atoms with E-state index in [0.717, 1.165) is 27.5 Å². The van der Waals surface area contributed by atoms with E-state index in [1.54, 1.807) is 13.0 Å². The van der Waals surface area contributed by atoms with E-state index in [4.69, 9.17) is 21.8 Å². The molecule has 1 aromatic heterocycles. The highest BCUT2D eigenvalue weighted by Gasteiger charge is 2.14. The van der Waals surface area contributed by atoms with Gasteiger partial charge in [-0.2, -0.15) is 0 Å². The number of hydrogen-bond donors (Lipinski definition) is 1. The summed E-state index contributed by atoms with van der Waals surface area (Å²) in [5.74, 6) is -0.681. The molecule has 3 nitrogen and oxygen atoms in total. The average molecular weight is 274 g/mol. The summed E-state index contributed by atoms with van der Waals surface area (Å²) in [6.45, 7) is 1.78. The van der Waals surface area contributed by atoms with Gasteiger partial charge in [-0.15, -0.1) is 0 Å². The van der Waals surface area contributed by atoms with E-state index in [1.165, 1.54) is 0 Å². The number of furan rings is 1. The maximum absolute atomic E-state index is 11.2. The molecule has 2 aromatic carbocycles. The van der Waals surface area contributed by atoms with E-state index in [1.807, 2.05) is 30.3 Å². The van der Waals surface area contributed by atoms with Crippen molar-refractivity contribution in [1.82, 2.24) is 0 Å². The molecule has 0 saturated heterocycles. The second-order valence-corrected chi connectivity index (χ2v) is 5.06. The van der Waals surface area contributed by atoms with Crippen LogP contribution in [0.4, 0.5) is 0 Å². The third-order valence-corrected chi connectivity index (χ3v) is 3.62. The molecule has 0 aliphatic rings. The molecular weight excluding hydrogens is 262 g/mol. The first kappa shape index (κ1) is 12.1. The summed E-state index contributed by atoms with van der Waals surface area (Å²) in [6.07, 6.45) is 0. The normalized spacial score (nSPS) is 12.9. The van der Waals surface area contributed by atoms with Crippen LogP contribution in [0.2, 0.25) is 5.02 Å². The van der Waals surface area contributed by atoms with Crippen LogP contribution in [-0.2, 0) is 4.79 Å². The number of hydrogen-bond acceptors (Lipinski definition) is 2. The van der Waals surface area contributed by atoms with Crippen LogP contribution in [0, 0.1) is 0 Å². The predicted octanol–water partition coefficient (Wildman–Crippen LogP) is 3.83. The minimum Gasteiger partial charge on any atom is -0.456 e. The Morgan fingerprint density at radius 1 is 1.16 bits per heavy atom. The SMILES string of the molecule is CC(C(N)=O)c1ccc2c(c1)oc1ccc(Cl)cc12. The van der Waals surface area contributed by atoms with Crippen molar-refractivity contribution in [2.45, 2.75) is 12.8 Å². The van der Waals surface area contributed by atoms with Gasteiger partial charge in [0.25, 0.3) is 0 Å². The Hall–Kier alpha value is -2.00. The second kappa shape index (κ2) is 4.28. The number of fused-ring (bicyclic) bond motifs is 3. The van der Waals surface area contributed by atoms with E-state index < -0.39 is 0 Å². The van der Waals surface area contributed by atoms with Gasteiger partial charge in [-0.1, -0.05) is 23.7 Å². The molecule has 0 saturated carbocycles. The quantitative estimate of drug-likeness (QED) is 0.771. The Morgan fingerprint density at radius 3 is 2.68 bits per heavy atom. The van der Waals surface area contributed by atoms with Crippen molar-refractivity contribution in [1.29, 1.82) is 0 Å². The zero-order valence-electron chi connectivity index (χ0n) is 10.3. The number of primary amides is 1. The van der Waals surface area contributed by atoms with E-state index in [9.17, 15) is 4.79 Å². The van der Waals surface area contributed by atoms with Crippen LogP contribution < -0.4 is 5.73 Å². The Labute approximate surface area is 114 Å². The van der Waals surface area contributed by atoms with E-state index >= 15 is 0 Å². The van der Waals surface area contributed by atoms with Gasteiger partial charge in [0, 0.05) is 15.8 Å². The predicted molar refractivity (Wildman–Crippen MR) is 76.3 cm³/mol. The molecule has 19 heavy (non-hydrogen) atoms. The second-order valence-electron chi connectivity index (χ2n) is 4.62. The summed E-state index contributed by atoms with van der Waals surface area (Å²) >= 11 is 6.00. The molecule has 0 aliphatic carbocycles. The first-order valence-electron chi connectivity index (χ1n) is 5.97. The minimum absolute atomic E-state index is 0.332. The van der Waals surface area contributed by atoms with Crippen LogP contribution in [0.15, 0.2) is 40.8 Å². The van der Waals surface area contributed by atoms with E-state index in [0.29, 0.717) is 5.02 Å². The molecule has 4 heteroatoms. The highest BCUT2D eigenvalue weighted by atomic mass is 35.5. The summed E-state index contributed by atoms with van der Waals surface area (Å²) in [5, 5.41) is 2.63. The molecule has 3 rings (SSSR count). The number of carbonyl (C=O) groups excluding carboxylic acids is 1. The Kier molecular flexibility index (Phi) is 2.72. The van der Waals surface area contributed by atoms with Gasteiger partial charge >= 0.3 is 0 Å². The molecule has 2 N–H and O–H groups in total. The van der Waals surface area contributed by atoms with E-state index in [2.05, 4.69) is 0 Å². The molecule has 96 valence electrons. The first-order valence-corrected chi connectivity index (χ1v) is 6.35. The van der Waals surface area contributed by atoms with Gasteiger partial charge in [0.1, 0.15) is 11.2 Å². The van der Waals surface area contributed by atoms with Crippen molar-refractivity contribution in [3.05, 3.63) is 47.0 Å². The highest BCUT2D eigenvalue weighted by Crippen LogP contribution is 2.32. The van der Waals surface area contributed by atoms with Gasteiger partial charge in [-0.05, 0) is 36.8 Å². The number of amides is 1. The lowest BCUT2D eigenvalue weighted by Gasteiger charge is -2.06. The molecule has 0 radical (unpaired) electrons. The summed E-state index contributed by atoms with van der Waals surface area (Å²) in [5.41, 5.74) is 7.69. The zero-order chi connectivity index (χ0) is 13.6. The summed E-state index contributed by atoms with van der Waals surface area (Å²) < 4.78 is 5.77. The summed E-state index contributed by atoms with van der Waals surface area (Å²) in [4.78, 5) is 11.2. The van der Waals surface area contributed by atoms with Gasteiger partial charge in [-0.3, -0.25) is 4.79 Å². The van der Waals surface area contributed by atoms with Crippen molar-refractivity contribution < 1.29 is 9.21 Å². The van der Waals surface area contributed by atoms with Crippen LogP contribution in [-0.4, -0.2) is 5.91 Å². The fourth-order valence-electron chi connectivity index (χ4n) is 2.20. The molecule has 3 aromatic rings. The van der Waals surface area contributed by atoms with Crippen LogP contribution >= 0.6 is 11.6 Å². The van der Waals surface area contributed by atoms with E-state index in [-0.39, 0.29) is 11.8 Å². The molecule has 0 aliphatic heterocycles. The van der Waals surface area contributed by atoms with Crippen LogP contribution in [0.3, 0.4) is 0 Å². The smallest absolute Gasteiger partial charge is 0.224 e. The zero-order valence-corrected chi connectivity index (χ0v) is 11.1. The highest BCUT2D eigenvalue weighted by molar-refractivity contribution is 6.31. The topological polar surface area (TPSA) is 56.2 Å². The van der Waals surface area contributed by atoms with Crippen LogP contribution in [0.25, 0.3) is 21.9 Å². The maximum atomic E-state index is 11.2. The number of halogens is 1. The lowest BCUT2D eigenvalue weighted by atomic mass is 9.99. The Bertz CT molecular complexity index is 791. The molecule has 0 fully saturated rings. The fourth-order valence-corrected chi connectivity index (χ4v) is 2.37. The molecule has 1 unspecified atom stereocenters. The largest absolute Gasteiger partial charge is 0.456 e. The van der Waals surface area contributed by atoms with Crippen molar-refractivity contribution in [2.75, 3.05) is 0 Å². The van der Waals surface area contributed by atoms with Crippen molar-refractivity contribution in [3.63, 3.8) is 0 Å². The summed E-state index contributed by atoms with van der Waals surface area (Å²) in [7, 11) is 0. The molecule has 0 spiro atoms. The third-order valence-electron chi connectivity index (χ3n) is 3.38. The lowest BCUT2D eigenvalue weighted by Crippen LogP contribution is -2.18.